The minimum absolute atomic E-state index is 0.00916. The Bertz CT molecular complexity index is 461. The molecule has 1 saturated carbocycles. The van der Waals surface area contributed by atoms with E-state index in [0.29, 0.717) is 23.4 Å². The topological polar surface area (TPSA) is 83.6 Å². The fourth-order valence-corrected chi connectivity index (χ4v) is 2.58. The van der Waals surface area contributed by atoms with Crippen molar-refractivity contribution in [2.75, 3.05) is 0 Å². The number of halogens is 1. The highest BCUT2D eigenvalue weighted by Crippen LogP contribution is 2.38. The number of Topliss-reactive ketones (excluding diaryl/α,β-unsaturated/α-hetero) is 1. The predicted molar refractivity (Wildman–Crippen MR) is 63.3 cm³/mol. The molecule has 92 valence electrons. The van der Waals surface area contributed by atoms with Gasteiger partial charge in [0.2, 0.25) is 11.6 Å². The maximum absolute atomic E-state index is 12.0. The number of carbonyl (C=O) groups is 1. The smallest absolute Gasteiger partial charge is 0.226 e. The van der Waals surface area contributed by atoms with E-state index in [9.17, 15) is 15.0 Å². The quantitative estimate of drug-likeness (QED) is 0.652. The summed E-state index contributed by atoms with van der Waals surface area (Å²) in [5, 5.41) is 19.6. The van der Waals surface area contributed by atoms with Crippen LogP contribution in [0.25, 0.3) is 0 Å². The Morgan fingerprint density at radius 1 is 1.24 bits per heavy atom. The molecular weight excluding hydrogens is 242 g/mol. The number of ketones is 1. The van der Waals surface area contributed by atoms with Crippen molar-refractivity contribution in [3.05, 3.63) is 34.9 Å². The molecule has 4 N–H and O–H groups in total. The van der Waals surface area contributed by atoms with E-state index < -0.39 is 17.1 Å². The van der Waals surface area contributed by atoms with Gasteiger partial charge in [0.1, 0.15) is 5.54 Å². The summed E-state index contributed by atoms with van der Waals surface area (Å²) in [6.07, 6.45) is 0.828. The van der Waals surface area contributed by atoms with Gasteiger partial charge in [0, 0.05) is 11.4 Å². The lowest BCUT2D eigenvalue weighted by atomic mass is 9.73. The lowest BCUT2D eigenvalue weighted by Crippen LogP contribution is -2.59. The summed E-state index contributed by atoms with van der Waals surface area (Å²) in [6, 6.07) is 6.72. The Labute approximate surface area is 104 Å². The maximum Gasteiger partial charge on any atom is 0.226 e. The van der Waals surface area contributed by atoms with E-state index in [2.05, 4.69) is 0 Å². The van der Waals surface area contributed by atoms with E-state index in [0.717, 1.165) is 0 Å². The molecular formula is C12H14ClNO3. The van der Waals surface area contributed by atoms with E-state index in [1.165, 1.54) is 0 Å². The molecule has 0 aromatic heterocycles. The van der Waals surface area contributed by atoms with Crippen LogP contribution in [0.1, 0.15) is 24.8 Å². The molecule has 0 amide bonds. The van der Waals surface area contributed by atoms with Gasteiger partial charge < -0.3 is 15.9 Å². The second-order valence-electron chi connectivity index (χ2n) is 4.45. The Hall–Kier alpha value is -0.940. The van der Waals surface area contributed by atoms with Crippen molar-refractivity contribution in [3.63, 3.8) is 0 Å². The summed E-state index contributed by atoms with van der Waals surface area (Å²) in [7, 11) is 0. The second kappa shape index (κ2) is 4.07. The predicted octanol–water partition coefficient (Wildman–Crippen LogP) is 0.928. The van der Waals surface area contributed by atoms with Crippen LogP contribution < -0.4 is 5.73 Å². The Balaban J connectivity index is 2.49. The highest BCUT2D eigenvalue weighted by atomic mass is 35.5. The normalized spacial score (nSPS) is 28.1. The van der Waals surface area contributed by atoms with Gasteiger partial charge in [0.25, 0.3) is 0 Å². The zero-order chi connectivity index (χ0) is 12.7. The van der Waals surface area contributed by atoms with E-state index >= 15 is 0 Å². The molecule has 0 aliphatic heterocycles. The Morgan fingerprint density at radius 3 is 2.53 bits per heavy atom. The molecule has 1 fully saturated rings. The molecule has 1 aliphatic rings. The van der Waals surface area contributed by atoms with Crippen molar-refractivity contribution < 1.29 is 15.0 Å². The van der Waals surface area contributed by atoms with Crippen LogP contribution in [0.15, 0.2) is 24.3 Å². The summed E-state index contributed by atoms with van der Waals surface area (Å²) < 4.78 is 0. The number of hydrogen-bond acceptors (Lipinski definition) is 4. The first-order valence-electron chi connectivity index (χ1n) is 5.41. The van der Waals surface area contributed by atoms with Crippen LogP contribution in [-0.2, 0) is 10.3 Å². The first kappa shape index (κ1) is 12.5. The molecule has 0 spiro atoms. The highest BCUT2D eigenvalue weighted by molar-refractivity contribution is 6.31. The zero-order valence-corrected chi connectivity index (χ0v) is 9.94. The van der Waals surface area contributed by atoms with Gasteiger partial charge in [-0.25, -0.2) is 0 Å². The van der Waals surface area contributed by atoms with Crippen molar-refractivity contribution in [2.45, 2.75) is 30.6 Å². The minimum Gasteiger partial charge on any atom is -0.360 e. The third-order valence-electron chi connectivity index (χ3n) is 3.22. The molecule has 4 nitrogen and oxygen atoms in total. The van der Waals surface area contributed by atoms with Gasteiger partial charge in [0.15, 0.2) is 0 Å². The average Bonchev–Trinajstić information content (AvgIpc) is 2.26. The monoisotopic (exact) mass is 255 g/mol. The van der Waals surface area contributed by atoms with Crippen LogP contribution in [-0.4, -0.2) is 21.8 Å². The SMILES string of the molecule is NC1(c2ccccc2Cl)CCCC(O)(O)C1=O. The first-order chi connectivity index (χ1) is 7.88. The van der Waals surface area contributed by atoms with Crippen LogP contribution >= 0.6 is 11.6 Å². The standard InChI is InChI=1S/C12H14ClNO3/c13-9-5-2-1-4-8(9)11(14)6-3-7-12(16,17)10(11)15/h1-2,4-5,16-17H,3,6-7,14H2. The second-order valence-corrected chi connectivity index (χ2v) is 4.86. The third kappa shape index (κ3) is 1.98. The third-order valence-corrected chi connectivity index (χ3v) is 3.55. The molecule has 0 bridgehead atoms. The van der Waals surface area contributed by atoms with Crippen LogP contribution in [0, 0.1) is 0 Å². The number of rotatable bonds is 1. The van der Waals surface area contributed by atoms with Gasteiger partial charge in [-0.15, -0.1) is 0 Å². The molecule has 1 atom stereocenters. The molecule has 1 aromatic rings. The number of aliphatic hydroxyl groups is 2. The minimum atomic E-state index is -2.35. The summed E-state index contributed by atoms with van der Waals surface area (Å²) in [4.78, 5) is 12.0. The van der Waals surface area contributed by atoms with Crippen molar-refractivity contribution in [1.29, 1.82) is 0 Å². The zero-order valence-electron chi connectivity index (χ0n) is 9.19. The largest absolute Gasteiger partial charge is 0.360 e. The molecule has 2 rings (SSSR count). The number of carbonyl (C=O) groups excluding carboxylic acids is 1. The lowest BCUT2D eigenvalue weighted by molar-refractivity contribution is -0.198. The van der Waals surface area contributed by atoms with Crippen molar-refractivity contribution in [2.24, 2.45) is 5.73 Å². The molecule has 0 heterocycles. The average molecular weight is 256 g/mol. The first-order valence-corrected chi connectivity index (χ1v) is 5.79. The number of hydrogen-bond donors (Lipinski definition) is 3. The van der Waals surface area contributed by atoms with Gasteiger partial charge >= 0.3 is 0 Å². The summed E-state index contributed by atoms with van der Waals surface area (Å²) in [5.74, 6) is -3.14. The maximum atomic E-state index is 12.0. The summed E-state index contributed by atoms with van der Waals surface area (Å²) >= 11 is 6.01. The molecule has 0 radical (unpaired) electrons. The summed E-state index contributed by atoms with van der Waals surface area (Å²) in [5.41, 5.74) is 5.07. The van der Waals surface area contributed by atoms with Gasteiger partial charge in [-0.3, -0.25) is 4.79 Å². The fraction of sp³-hybridized carbons (Fsp3) is 0.417. The molecule has 1 unspecified atom stereocenters. The van der Waals surface area contributed by atoms with Crippen LogP contribution in [0.2, 0.25) is 5.02 Å². The van der Waals surface area contributed by atoms with E-state index in [4.69, 9.17) is 17.3 Å². The summed E-state index contributed by atoms with van der Waals surface area (Å²) in [6.45, 7) is 0. The van der Waals surface area contributed by atoms with E-state index in [1.54, 1.807) is 24.3 Å². The lowest BCUT2D eigenvalue weighted by Gasteiger charge is -2.39. The molecule has 0 saturated heterocycles. The molecule has 1 aromatic carbocycles. The van der Waals surface area contributed by atoms with Gasteiger partial charge in [-0.05, 0) is 24.5 Å². The molecule has 17 heavy (non-hydrogen) atoms. The number of benzene rings is 1. The molecule has 5 heteroatoms. The highest BCUT2D eigenvalue weighted by Gasteiger charge is 2.51. The van der Waals surface area contributed by atoms with Gasteiger partial charge in [0.05, 0.1) is 0 Å². The Kier molecular flexibility index (Phi) is 2.99. The van der Waals surface area contributed by atoms with Crippen LogP contribution in [0.4, 0.5) is 0 Å². The van der Waals surface area contributed by atoms with Crippen molar-refractivity contribution >= 4 is 17.4 Å². The molecule has 1 aliphatic carbocycles. The van der Waals surface area contributed by atoms with E-state index in [1.807, 2.05) is 0 Å². The van der Waals surface area contributed by atoms with Crippen LogP contribution in [0.5, 0.6) is 0 Å². The fourth-order valence-electron chi connectivity index (χ4n) is 2.28. The van der Waals surface area contributed by atoms with Gasteiger partial charge in [-0.1, -0.05) is 29.8 Å². The van der Waals surface area contributed by atoms with Gasteiger partial charge in [-0.2, -0.15) is 0 Å². The van der Waals surface area contributed by atoms with Crippen LogP contribution in [0.3, 0.4) is 0 Å². The Morgan fingerprint density at radius 2 is 1.88 bits per heavy atom. The van der Waals surface area contributed by atoms with Crippen molar-refractivity contribution in [3.8, 4) is 0 Å². The number of nitrogens with two attached hydrogens (primary N) is 1. The van der Waals surface area contributed by atoms with Crippen molar-refractivity contribution in [1.82, 2.24) is 0 Å². The van der Waals surface area contributed by atoms with E-state index in [-0.39, 0.29) is 6.42 Å².